The zero-order valence-electron chi connectivity index (χ0n) is 6.69. The molecular formula is C9H6N3O. The topological polar surface area (TPSA) is 54.9 Å². The maximum atomic E-state index is 10.0. The van der Waals surface area contributed by atoms with Crippen molar-refractivity contribution < 1.29 is 4.79 Å². The van der Waals surface area contributed by atoms with Gasteiger partial charge in [-0.2, -0.15) is 0 Å². The number of aromatic nitrogens is 2. The predicted octanol–water partition coefficient (Wildman–Crippen LogP) is 1.11. The second-order valence-electron chi connectivity index (χ2n) is 2.49. The number of nitrogens with zero attached hydrogens (tertiary/aromatic N) is 2. The van der Waals surface area contributed by atoms with Crippen LogP contribution in [-0.4, -0.2) is 16.4 Å². The molecule has 0 saturated carbocycles. The maximum absolute atomic E-state index is 10.0. The van der Waals surface area contributed by atoms with Crippen LogP contribution in [0.2, 0.25) is 0 Å². The molecular weight excluding hydrogens is 166 g/mol. The number of pyridine rings is 2. The van der Waals surface area contributed by atoms with Crippen molar-refractivity contribution in [3.8, 4) is 0 Å². The summed E-state index contributed by atoms with van der Waals surface area (Å²) in [6, 6.07) is 5.33. The summed E-state index contributed by atoms with van der Waals surface area (Å²) in [5.74, 6) is 0.494. The second kappa shape index (κ2) is 3.18. The third-order valence-electron chi connectivity index (χ3n) is 1.67. The molecule has 0 fully saturated rings. The van der Waals surface area contributed by atoms with Gasteiger partial charge in [-0.15, -0.1) is 0 Å². The van der Waals surface area contributed by atoms with Gasteiger partial charge in [0.15, 0.2) is 0 Å². The molecule has 0 aliphatic rings. The van der Waals surface area contributed by atoms with Crippen molar-refractivity contribution in [2.24, 2.45) is 0 Å². The normalized spacial score (nSPS) is 9.85. The Morgan fingerprint density at radius 3 is 3.08 bits per heavy atom. The molecule has 1 N–H and O–H groups in total. The minimum absolute atomic E-state index is 0.494. The lowest BCUT2D eigenvalue weighted by molar-refractivity contribution is 0.561. The van der Waals surface area contributed by atoms with E-state index in [1.807, 2.05) is 6.07 Å². The molecule has 2 aromatic rings. The molecule has 1 amide bonds. The molecule has 0 spiro atoms. The largest absolute Gasteiger partial charge is 0.315 e. The SMILES string of the molecule is O=[C]Nc1ccc2cnccc2n1. The molecule has 0 bridgehead atoms. The van der Waals surface area contributed by atoms with E-state index in [-0.39, 0.29) is 0 Å². The van der Waals surface area contributed by atoms with Gasteiger partial charge in [0.2, 0.25) is 0 Å². The van der Waals surface area contributed by atoms with Gasteiger partial charge in [0, 0.05) is 17.8 Å². The van der Waals surface area contributed by atoms with E-state index in [1.165, 1.54) is 0 Å². The zero-order chi connectivity index (χ0) is 9.10. The Morgan fingerprint density at radius 2 is 2.23 bits per heavy atom. The number of nitrogens with one attached hydrogen (secondary N) is 1. The molecule has 0 saturated heterocycles. The van der Waals surface area contributed by atoms with Crippen LogP contribution in [0.4, 0.5) is 5.82 Å². The van der Waals surface area contributed by atoms with Gasteiger partial charge in [0.1, 0.15) is 5.82 Å². The third-order valence-corrected chi connectivity index (χ3v) is 1.67. The van der Waals surface area contributed by atoms with E-state index in [1.54, 1.807) is 30.9 Å². The number of anilines is 1. The van der Waals surface area contributed by atoms with Gasteiger partial charge in [-0.1, -0.05) is 0 Å². The van der Waals surface area contributed by atoms with Crippen LogP contribution in [0.25, 0.3) is 10.9 Å². The molecule has 2 heterocycles. The maximum Gasteiger partial charge on any atom is 0.315 e. The number of fused-ring (bicyclic) bond motifs is 1. The number of amides is 1. The summed E-state index contributed by atoms with van der Waals surface area (Å²) < 4.78 is 0. The first-order chi connectivity index (χ1) is 6.40. The van der Waals surface area contributed by atoms with Crippen molar-refractivity contribution in [2.75, 3.05) is 5.32 Å². The van der Waals surface area contributed by atoms with Crippen molar-refractivity contribution >= 4 is 23.1 Å². The smallest absolute Gasteiger partial charge is 0.302 e. The van der Waals surface area contributed by atoms with Crippen LogP contribution in [-0.2, 0) is 4.79 Å². The van der Waals surface area contributed by atoms with E-state index in [0.717, 1.165) is 10.9 Å². The molecule has 63 valence electrons. The molecule has 0 unspecified atom stereocenters. The standard InChI is InChI=1S/C9H6N3O/c13-6-11-9-2-1-7-5-10-4-3-8(7)12-9/h1-5H,(H,11,12,13). The van der Waals surface area contributed by atoms with Crippen LogP contribution in [0, 0.1) is 0 Å². The minimum atomic E-state index is 0.494. The fourth-order valence-electron chi connectivity index (χ4n) is 1.09. The molecule has 0 atom stereocenters. The van der Waals surface area contributed by atoms with E-state index in [2.05, 4.69) is 15.3 Å². The van der Waals surface area contributed by atoms with Crippen LogP contribution >= 0.6 is 0 Å². The van der Waals surface area contributed by atoms with Gasteiger partial charge in [-0.3, -0.25) is 9.78 Å². The average Bonchev–Trinajstić information content (AvgIpc) is 2.18. The number of rotatable bonds is 2. The average molecular weight is 172 g/mol. The van der Waals surface area contributed by atoms with Gasteiger partial charge >= 0.3 is 6.41 Å². The van der Waals surface area contributed by atoms with Crippen molar-refractivity contribution in [3.63, 3.8) is 0 Å². The zero-order valence-corrected chi connectivity index (χ0v) is 6.69. The fourth-order valence-corrected chi connectivity index (χ4v) is 1.09. The third kappa shape index (κ3) is 1.46. The van der Waals surface area contributed by atoms with Crippen molar-refractivity contribution in [3.05, 3.63) is 30.6 Å². The first-order valence-corrected chi connectivity index (χ1v) is 3.74. The Morgan fingerprint density at radius 1 is 1.31 bits per heavy atom. The lowest BCUT2D eigenvalue weighted by Crippen LogP contribution is -1.96. The quantitative estimate of drug-likeness (QED) is 0.690. The second-order valence-corrected chi connectivity index (χ2v) is 2.49. The van der Waals surface area contributed by atoms with Crippen LogP contribution < -0.4 is 5.32 Å². The molecule has 2 rings (SSSR count). The first-order valence-electron chi connectivity index (χ1n) is 3.74. The van der Waals surface area contributed by atoms with Gasteiger partial charge in [-0.25, -0.2) is 4.98 Å². The summed E-state index contributed by atoms with van der Waals surface area (Å²) in [7, 11) is 0. The van der Waals surface area contributed by atoms with Gasteiger partial charge in [-0.05, 0) is 18.2 Å². The Kier molecular flexibility index (Phi) is 1.88. The van der Waals surface area contributed by atoms with E-state index in [0.29, 0.717) is 5.82 Å². The highest BCUT2D eigenvalue weighted by Gasteiger charge is 1.95. The number of hydrogen-bond donors (Lipinski definition) is 1. The van der Waals surface area contributed by atoms with Crippen LogP contribution in [0.15, 0.2) is 30.6 Å². The van der Waals surface area contributed by atoms with Crippen molar-refractivity contribution in [1.29, 1.82) is 0 Å². The number of carbonyl (C=O) groups excluding carboxylic acids is 1. The highest BCUT2D eigenvalue weighted by molar-refractivity contribution is 5.81. The van der Waals surface area contributed by atoms with Crippen LogP contribution in [0.1, 0.15) is 0 Å². The lowest BCUT2D eigenvalue weighted by Gasteiger charge is -1.98. The predicted molar refractivity (Wildman–Crippen MR) is 48.9 cm³/mol. The van der Waals surface area contributed by atoms with E-state index in [9.17, 15) is 4.79 Å². The summed E-state index contributed by atoms with van der Waals surface area (Å²) in [5, 5.41) is 3.31. The van der Waals surface area contributed by atoms with Crippen LogP contribution in [0.5, 0.6) is 0 Å². The van der Waals surface area contributed by atoms with E-state index < -0.39 is 0 Å². The summed E-state index contributed by atoms with van der Waals surface area (Å²) in [4.78, 5) is 18.1. The first kappa shape index (κ1) is 7.67. The molecule has 0 aliphatic heterocycles. The Hall–Kier alpha value is -1.97. The summed E-state index contributed by atoms with van der Waals surface area (Å²) in [6.45, 7) is 0. The minimum Gasteiger partial charge on any atom is -0.302 e. The summed E-state index contributed by atoms with van der Waals surface area (Å²) >= 11 is 0. The van der Waals surface area contributed by atoms with Gasteiger partial charge in [0.25, 0.3) is 0 Å². The van der Waals surface area contributed by atoms with Crippen molar-refractivity contribution in [2.45, 2.75) is 0 Å². The summed E-state index contributed by atoms with van der Waals surface area (Å²) in [6.07, 6.45) is 4.95. The van der Waals surface area contributed by atoms with E-state index >= 15 is 0 Å². The van der Waals surface area contributed by atoms with Gasteiger partial charge < -0.3 is 5.32 Å². The number of hydrogen-bond acceptors (Lipinski definition) is 3. The molecule has 1 radical (unpaired) electrons. The van der Waals surface area contributed by atoms with E-state index in [4.69, 9.17) is 0 Å². The molecule has 4 heteroatoms. The van der Waals surface area contributed by atoms with Crippen LogP contribution in [0.3, 0.4) is 0 Å². The molecule has 2 aromatic heterocycles. The summed E-state index contributed by atoms with van der Waals surface area (Å²) in [5.41, 5.74) is 0.801. The Bertz CT molecular complexity index is 442. The Labute approximate surface area is 74.6 Å². The van der Waals surface area contributed by atoms with Gasteiger partial charge in [0.05, 0.1) is 5.52 Å². The molecule has 13 heavy (non-hydrogen) atoms. The lowest BCUT2D eigenvalue weighted by atomic mass is 10.3. The molecule has 0 aliphatic carbocycles. The molecule has 4 nitrogen and oxygen atoms in total. The Balaban J connectivity index is 2.55. The highest BCUT2D eigenvalue weighted by Crippen LogP contribution is 2.12. The highest BCUT2D eigenvalue weighted by atomic mass is 16.1. The monoisotopic (exact) mass is 172 g/mol. The van der Waals surface area contributed by atoms with Crippen molar-refractivity contribution in [1.82, 2.24) is 9.97 Å². The molecule has 0 aromatic carbocycles. The fraction of sp³-hybridized carbons (Fsp3) is 0.